The smallest absolute Gasteiger partial charge is 0.266 e. The minimum atomic E-state index is -0.682. The molecule has 1 aliphatic carbocycles. The lowest BCUT2D eigenvalue weighted by atomic mass is 9.77. The molecule has 7 nitrogen and oxygen atoms in total. The Labute approximate surface area is 185 Å². The van der Waals surface area contributed by atoms with Gasteiger partial charge in [0, 0.05) is 18.7 Å². The van der Waals surface area contributed by atoms with Crippen LogP contribution in [0.4, 0.5) is 10.3 Å². The van der Waals surface area contributed by atoms with E-state index in [1.807, 2.05) is 30.3 Å². The number of aliphatic hydroxyl groups excluding tert-OH is 1. The van der Waals surface area contributed by atoms with Crippen LogP contribution in [-0.4, -0.2) is 46.4 Å². The zero-order valence-corrected chi connectivity index (χ0v) is 17.7. The molecule has 2 N–H and O–H groups in total. The van der Waals surface area contributed by atoms with Crippen LogP contribution in [0.25, 0.3) is 11.5 Å². The summed E-state index contributed by atoms with van der Waals surface area (Å²) in [5.41, 5.74) is 1.29. The number of hydrogen-bond acceptors (Lipinski definition) is 6. The highest BCUT2D eigenvalue weighted by atomic mass is 19.1. The van der Waals surface area contributed by atoms with Crippen LogP contribution >= 0.6 is 0 Å². The Morgan fingerprint density at radius 2 is 1.88 bits per heavy atom. The lowest BCUT2D eigenvalue weighted by molar-refractivity contribution is 0.0460. The fourth-order valence-corrected chi connectivity index (χ4v) is 4.86. The fraction of sp³-hybridized carbons (Fsp3) is 0.375. The van der Waals surface area contributed by atoms with Crippen molar-refractivity contribution in [2.75, 3.05) is 18.0 Å². The van der Waals surface area contributed by atoms with Crippen molar-refractivity contribution in [1.82, 2.24) is 15.5 Å². The van der Waals surface area contributed by atoms with E-state index in [-0.39, 0.29) is 17.4 Å². The van der Waals surface area contributed by atoms with Crippen molar-refractivity contribution >= 4 is 11.9 Å². The molecule has 32 heavy (non-hydrogen) atoms. The van der Waals surface area contributed by atoms with Crippen molar-refractivity contribution in [2.24, 2.45) is 11.8 Å². The van der Waals surface area contributed by atoms with E-state index in [1.165, 1.54) is 6.07 Å². The van der Waals surface area contributed by atoms with Gasteiger partial charge in [0.15, 0.2) is 0 Å². The molecule has 4 atom stereocenters. The number of amides is 1. The van der Waals surface area contributed by atoms with E-state index < -0.39 is 23.9 Å². The summed E-state index contributed by atoms with van der Waals surface area (Å²) in [4.78, 5) is 19.3. The van der Waals surface area contributed by atoms with Crippen LogP contribution in [0.3, 0.4) is 0 Å². The number of carbonyl (C=O) groups excluding carboxylic acids is 1. The largest absolute Gasteiger partial charge is 0.391 e. The number of aliphatic hydroxyl groups is 1. The predicted molar refractivity (Wildman–Crippen MR) is 117 cm³/mol. The van der Waals surface area contributed by atoms with E-state index in [2.05, 4.69) is 20.4 Å². The van der Waals surface area contributed by atoms with Gasteiger partial charge in [-0.25, -0.2) is 4.39 Å². The van der Waals surface area contributed by atoms with E-state index in [9.17, 15) is 14.3 Å². The Morgan fingerprint density at radius 3 is 2.66 bits per heavy atom. The van der Waals surface area contributed by atoms with Gasteiger partial charge in [-0.3, -0.25) is 4.79 Å². The van der Waals surface area contributed by atoms with Gasteiger partial charge in [-0.15, -0.1) is 0 Å². The average Bonchev–Trinajstić information content (AvgIpc) is 3.43. The molecule has 1 aromatic heterocycles. The molecule has 1 saturated carbocycles. The van der Waals surface area contributed by atoms with Gasteiger partial charge in [-0.2, -0.15) is 4.98 Å². The summed E-state index contributed by atoms with van der Waals surface area (Å²) in [6.07, 6.45) is 0.495. The van der Waals surface area contributed by atoms with Gasteiger partial charge < -0.3 is 19.8 Å². The molecule has 3 aromatic rings. The molecular weight excluding hydrogens is 411 g/mol. The summed E-state index contributed by atoms with van der Waals surface area (Å²) in [6, 6.07) is 13.9. The van der Waals surface area contributed by atoms with Crippen molar-refractivity contribution in [3.05, 3.63) is 65.5 Å². The molecule has 2 fully saturated rings. The molecule has 1 amide bonds. The second kappa shape index (κ2) is 8.35. The highest BCUT2D eigenvalue weighted by Gasteiger charge is 2.43. The summed E-state index contributed by atoms with van der Waals surface area (Å²) >= 11 is 0. The molecule has 5 rings (SSSR count). The van der Waals surface area contributed by atoms with Crippen LogP contribution in [0.5, 0.6) is 0 Å². The third-order valence-electron chi connectivity index (χ3n) is 6.61. The number of rotatable bonds is 4. The number of nitrogens with zero attached hydrogens (tertiary/aromatic N) is 3. The van der Waals surface area contributed by atoms with Crippen LogP contribution in [0.1, 0.15) is 28.8 Å². The number of aryl methyl sites for hydroxylation is 1. The summed E-state index contributed by atoms with van der Waals surface area (Å²) in [6.45, 7) is 3.07. The van der Waals surface area contributed by atoms with Gasteiger partial charge in [0.25, 0.3) is 17.7 Å². The monoisotopic (exact) mass is 436 g/mol. The van der Waals surface area contributed by atoms with Crippen LogP contribution in [0, 0.1) is 24.6 Å². The third-order valence-corrected chi connectivity index (χ3v) is 6.61. The minimum absolute atomic E-state index is 0.00705. The lowest BCUT2D eigenvalue weighted by Crippen LogP contribution is -2.49. The number of aromatic nitrogens is 2. The molecule has 2 heterocycles. The Hall–Kier alpha value is -3.26. The number of benzene rings is 2. The van der Waals surface area contributed by atoms with Gasteiger partial charge in [-0.1, -0.05) is 30.3 Å². The van der Waals surface area contributed by atoms with Crippen molar-refractivity contribution in [1.29, 1.82) is 0 Å². The molecule has 0 bridgehead atoms. The van der Waals surface area contributed by atoms with Gasteiger partial charge in [0.05, 0.1) is 17.7 Å². The summed E-state index contributed by atoms with van der Waals surface area (Å²) in [5, 5.41) is 17.7. The van der Waals surface area contributed by atoms with Crippen LogP contribution in [0.2, 0.25) is 0 Å². The highest BCUT2D eigenvalue weighted by Crippen LogP contribution is 2.38. The summed E-state index contributed by atoms with van der Waals surface area (Å²) in [7, 11) is 0. The van der Waals surface area contributed by atoms with Gasteiger partial charge >= 0.3 is 0 Å². The Morgan fingerprint density at radius 1 is 1.12 bits per heavy atom. The predicted octanol–water partition coefficient (Wildman–Crippen LogP) is 3.19. The third kappa shape index (κ3) is 3.86. The van der Waals surface area contributed by atoms with Crippen molar-refractivity contribution in [3.8, 4) is 11.5 Å². The minimum Gasteiger partial charge on any atom is -0.391 e. The Bertz CT molecular complexity index is 1120. The fourth-order valence-electron chi connectivity index (χ4n) is 4.86. The number of fused-ring (bicyclic) bond motifs is 1. The van der Waals surface area contributed by atoms with E-state index in [1.54, 1.807) is 19.1 Å². The second-order valence-corrected chi connectivity index (χ2v) is 8.75. The van der Waals surface area contributed by atoms with E-state index in [0.29, 0.717) is 30.2 Å². The summed E-state index contributed by atoms with van der Waals surface area (Å²) in [5.74, 6) is 0.536. The Kier molecular flexibility index (Phi) is 5.38. The molecule has 0 unspecified atom stereocenters. The molecule has 1 aliphatic heterocycles. The maximum atomic E-state index is 14.3. The van der Waals surface area contributed by atoms with Gasteiger partial charge in [0.1, 0.15) is 5.82 Å². The lowest BCUT2D eigenvalue weighted by Gasteiger charge is -2.35. The first kappa shape index (κ1) is 20.6. The average molecular weight is 436 g/mol. The molecule has 1 saturated heterocycles. The highest BCUT2D eigenvalue weighted by molar-refractivity contribution is 5.94. The SMILES string of the molecule is Cc1cccc(C(=O)N[C@H]2C[C@H]3CN(c4noc(-c5ccccc5)n4)C[C@H]3C[C@@H]2O)c1F. The van der Waals surface area contributed by atoms with E-state index >= 15 is 0 Å². The first-order valence-electron chi connectivity index (χ1n) is 10.9. The maximum Gasteiger partial charge on any atom is 0.266 e. The zero-order valence-electron chi connectivity index (χ0n) is 17.7. The second-order valence-electron chi connectivity index (χ2n) is 8.75. The standard InChI is InChI=1S/C24H25FN4O3/c1-14-6-5-9-18(21(14)25)22(31)26-19-10-16-12-29(13-17(16)11-20(19)30)24-27-23(32-28-24)15-7-3-2-4-8-15/h2-9,16-17,19-20,30H,10-13H2,1H3,(H,26,31)/t16-,17+,19-,20-/m0/s1. The summed E-state index contributed by atoms with van der Waals surface area (Å²) < 4.78 is 19.8. The molecule has 8 heteroatoms. The first-order chi connectivity index (χ1) is 15.5. The van der Waals surface area contributed by atoms with Crippen molar-refractivity contribution in [3.63, 3.8) is 0 Å². The van der Waals surface area contributed by atoms with Crippen LogP contribution in [0.15, 0.2) is 53.1 Å². The number of hydrogen-bond donors (Lipinski definition) is 2. The number of anilines is 1. The quantitative estimate of drug-likeness (QED) is 0.653. The van der Waals surface area contributed by atoms with Gasteiger partial charge in [-0.05, 0) is 60.5 Å². The number of carbonyl (C=O) groups is 1. The van der Waals surface area contributed by atoms with Crippen LogP contribution in [-0.2, 0) is 0 Å². The normalized spacial score (nSPS) is 24.9. The van der Waals surface area contributed by atoms with E-state index in [0.717, 1.165) is 18.7 Å². The number of nitrogens with one attached hydrogen (secondary N) is 1. The van der Waals surface area contributed by atoms with Crippen molar-refractivity contribution in [2.45, 2.75) is 31.9 Å². The molecule has 2 aromatic carbocycles. The zero-order chi connectivity index (χ0) is 22.2. The molecular formula is C24H25FN4O3. The van der Waals surface area contributed by atoms with Gasteiger partial charge in [0.2, 0.25) is 0 Å². The van der Waals surface area contributed by atoms with E-state index in [4.69, 9.17) is 4.52 Å². The first-order valence-corrected chi connectivity index (χ1v) is 10.9. The Balaban J connectivity index is 1.26. The number of halogens is 1. The van der Waals surface area contributed by atoms with Crippen LogP contribution < -0.4 is 10.2 Å². The topological polar surface area (TPSA) is 91.5 Å². The van der Waals surface area contributed by atoms with Crippen molar-refractivity contribution < 1.29 is 18.8 Å². The molecule has 2 aliphatic rings. The maximum absolute atomic E-state index is 14.3. The molecule has 166 valence electrons. The molecule has 0 radical (unpaired) electrons. The molecule has 0 spiro atoms.